The Labute approximate surface area is 103 Å². The summed E-state index contributed by atoms with van der Waals surface area (Å²) in [7, 11) is 0. The molecule has 0 radical (unpaired) electrons. The van der Waals surface area contributed by atoms with Crippen molar-refractivity contribution in [3.05, 3.63) is 29.0 Å². The SMILES string of the molecule is Cc1nc2cc3c(cc2c(C)c1C(=O)O)OCO3. The maximum Gasteiger partial charge on any atom is 0.337 e. The number of fused-ring (bicyclic) bond motifs is 2. The van der Waals surface area contributed by atoms with E-state index >= 15 is 0 Å². The molecule has 0 unspecified atom stereocenters. The first-order chi connectivity index (χ1) is 8.58. The highest BCUT2D eigenvalue weighted by Gasteiger charge is 2.20. The standard InChI is InChI=1S/C13H11NO4/c1-6-8-3-10-11(18-5-17-10)4-9(8)14-7(2)12(6)13(15)16/h3-4H,5H2,1-2H3,(H,15,16). The Morgan fingerprint density at radius 1 is 1.28 bits per heavy atom. The zero-order chi connectivity index (χ0) is 12.9. The summed E-state index contributed by atoms with van der Waals surface area (Å²) >= 11 is 0. The van der Waals surface area contributed by atoms with Crippen molar-refractivity contribution >= 4 is 16.9 Å². The summed E-state index contributed by atoms with van der Waals surface area (Å²) in [6.45, 7) is 3.67. The van der Waals surface area contributed by atoms with Crippen LogP contribution in [0.2, 0.25) is 0 Å². The molecule has 92 valence electrons. The Balaban J connectivity index is 2.38. The van der Waals surface area contributed by atoms with Gasteiger partial charge in [-0.15, -0.1) is 0 Å². The van der Waals surface area contributed by atoms with E-state index in [1.54, 1.807) is 26.0 Å². The summed E-state index contributed by atoms with van der Waals surface area (Å²) in [5.74, 6) is 0.321. The van der Waals surface area contributed by atoms with Crippen molar-refractivity contribution in [1.29, 1.82) is 0 Å². The number of nitrogens with zero attached hydrogens (tertiary/aromatic N) is 1. The second-order valence-corrected chi connectivity index (χ2v) is 4.22. The molecule has 5 heteroatoms. The van der Waals surface area contributed by atoms with Crippen molar-refractivity contribution < 1.29 is 19.4 Å². The fraction of sp³-hybridized carbons (Fsp3) is 0.231. The van der Waals surface area contributed by atoms with Crippen molar-refractivity contribution in [2.24, 2.45) is 0 Å². The molecule has 1 N–H and O–H groups in total. The summed E-state index contributed by atoms with van der Waals surface area (Å²) in [4.78, 5) is 15.5. The first kappa shape index (κ1) is 10.8. The molecule has 0 aliphatic carbocycles. The van der Waals surface area contributed by atoms with Gasteiger partial charge in [-0.1, -0.05) is 0 Å². The predicted molar refractivity (Wildman–Crippen MR) is 64.3 cm³/mol. The summed E-state index contributed by atoms with van der Waals surface area (Å²) in [6.07, 6.45) is 0. The van der Waals surface area contributed by atoms with Gasteiger partial charge in [-0.3, -0.25) is 4.98 Å². The molecule has 3 rings (SSSR count). The van der Waals surface area contributed by atoms with Crippen LogP contribution in [0.5, 0.6) is 11.5 Å². The number of aromatic carboxylic acids is 1. The van der Waals surface area contributed by atoms with Crippen LogP contribution in [-0.4, -0.2) is 22.9 Å². The molecule has 0 amide bonds. The Hall–Kier alpha value is -2.30. The van der Waals surface area contributed by atoms with Crippen molar-refractivity contribution in [1.82, 2.24) is 4.98 Å². The molecular weight excluding hydrogens is 234 g/mol. The molecule has 5 nitrogen and oxygen atoms in total. The lowest BCUT2D eigenvalue weighted by atomic mass is 10.0. The summed E-state index contributed by atoms with van der Waals surface area (Å²) in [5.41, 5.74) is 2.18. The van der Waals surface area contributed by atoms with Gasteiger partial charge in [-0.05, 0) is 25.5 Å². The number of aromatic nitrogens is 1. The number of aryl methyl sites for hydroxylation is 2. The number of hydrogen-bond acceptors (Lipinski definition) is 4. The van der Waals surface area contributed by atoms with E-state index in [2.05, 4.69) is 4.98 Å². The van der Waals surface area contributed by atoms with Crippen LogP contribution in [-0.2, 0) is 0 Å². The van der Waals surface area contributed by atoms with Crippen LogP contribution in [0, 0.1) is 13.8 Å². The van der Waals surface area contributed by atoms with Gasteiger partial charge in [0.2, 0.25) is 6.79 Å². The highest BCUT2D eigenvalue weighted by molar-refractivity contribution is 5.98. The molecule has 2 aromatic rings. The van der Waals surface area contributed by atoms with Gasteiger partial charge >= 0.3 is 5.97 Å². The minimum atomic E-state index is -0.961. The number of carbonyl (C=O) groups is 1. The third-order valence-corrected chi connectivity index (χ3v) is 3.13. The summed E-state index contributed by atoms with van der Waals surface area (Å²) < 4.78 is 10.6. The van der Waals surface area contributed by atoms with Crippen LogP contribution < -0.4 is 9.47 Å². The van der Waals surface area contributed by atoms with Crippen molar-refractivity contribution in [2.75, 3.05) is 6.79 Å². The lowest BCUT2D eigenvalue weighted by molar-refractivity contribution is 0.0695. The van der Waals surface area contributed by atoms with E-state index in [0.717, 1.165) is 10.9 Å². The molecule has 0 saturated carbocycles. The van der Waals surface area contributed by atoms with E-state index in [-0.39, 0.29) is 12.4 Å². The average Bonchev–Trinajstić information content (AvgIpc) is 2.73. The molecule has 0 fully saturated rings. The molecule has 0 bridgehead atoms. The number of carboxylic acids is 1. The van der Waals surface area contributed by atoms with Crippen LogP contribution >= 0.6 is 0 Å². The van der Waals surface area contributed by atoms with Gasteiger partial charge in [0.05, 0.1) is 16.8 Å². The molecule has 1 aliphatic heterocycles. The number of rotatable bonds is 1. The van der Waals surface area contributed by atoms with Crippen LogP contribution in [0.1, 0.15) is 21.6 Å². The zero-order valence-electron chi connectivity index (χ0n) is 9.98. The number of benzene rings is 1. The highest BCUT2D eigenvalue weighted by Crippen LogP contribution is 2.37. The monoisotopic (exact) mass is 245 g/mol. The Bertz CT molecular complexity index is 678. The predicted octanol–water partition coefficient (Wildman–Crippen LogP) is 2.28. The second-order valence-electron chi connectivity index (χ2n) is 4.22. The first-order valence-corrected chi connectivity index (χ1v) is 5.52. The molecule has 0 saturated heterocycles. The maximum absolute atomic E-state index is 11.2. The minimum absolute atomic E-state index is 0.190. The number of carboxylic acid groups (broad SMARTS) is 1. The molecule has 0 spiro atoms. The van der Waals surface area contributed by atoms with Crippen LogP contribution in [0.15, 0.2) is 12.1 Å². The van der Waals surface area contributed by atoms with E-state index in [4.69, 9.17) is 9.47 Å². The van der Waals surface area contributed by atoms with E-state index in [1.165, 1.54) is 0 Å². The largest absolute Gasteiger partial charge is 0.478 e. The van der Waals surface area contributed by atoms with Gasteiger partial charge in [-0.2, -0.15) is 0 Å². The molecule has 2 heterocycles. The quantitative estimate of drug-likeness (QED) is 0.834. The number of hydrogen-bond donors (Lipinski definition) is 1. The minimum Gasteiger partial charge on any atom is -0.478 e. The zero-order valence-corrected chi connectivity index (χ0v) is 9.98. The normalized spacial score (nSPS) is 13.0. The molecular formula is C13H11NO4. The van der Waals surface area contributed by atoms with Crippen LogP contribution in [0.25, 0.3) is 10.9 Å². The van der Waals surface area contributed by atoms with Crippen molar-refractivity contribution in [2.45, 2.75) is 13.8 Å². The topological polar surface area (TPSA) is 68.7 Å². The van der Waals surface area contributed by atoms with E-state index in [0.29, 0.717) is 22.8 Å². The Morgan fingerprint density at radius 3 is 2.61 bits per heavy atom. The van der Waals surface area contributed by atoms with Crippen LogP contribution in [0.3, 0.4) is 0 Å². The third-order valence-electron chi connectivity index (χ3n) is 3.13. The van der Waals surface area contributed by atoms with E-state index in [9.17, 15) is 9.90 Å². The number of ether oxygens (including phenoxy) is 2. The second kappa shape index (κ2) is 3.60. The van der Waals surface area contributed by atoms with Crippen molar-refractivity contribution in [3.8, 4) is 11.5 Å². The number of pyridine rings is 1. The fourth-order valence-corrected chi connectivity index (χ4v) is 2.28. The molecule has 18 heavy (non-hydrogen) atoms. The molecule has 1 aromatic heterocycles. The van der Waals surface area contributed by atoms with E-state index < -0.39 is 5.97 Å². The Kier molecular flexibility index (Phi) is 2.16. The van der Waals surface area contributed by atoms with Crippen molar-refractivity contribution in [3.63, 3.8) is 0 Å². The average molecular weight is 245 g/mol. The fourth-order valence-electron chi connectivity index (χ4n) is 2.28. The maximum atomic E-state index is 11.2. The highest BCUT2D eigenvalue weighted by atomic mass is 16.7. The van der Waals surface area contributed by atoms with E-state index in [1.807, 2.05) is 0 Å². The van der Waals surface area contributed by atoms with Gasteiger partial charge in [-0.25, -0.2) is 4.79 Å². The van der Waals surface area contributed by atoms with Gasteiger partial charge in [0.25, 0.3) is 0 Å². The molecule has 0 atom stereocenters. The van der Waals surface area contributed by atoms with Gasteiger partial charge < -0.3 is 14.6 Å². The summed E-state index contributed by atoms with van der Waals surface area (Å²) in [5, 5.41) is 9.98. The van der Waals surface area contributed by atoms with Gasteiger partial charge in [0, 0.05) is 11.5 Å². The Morgan fingerprint density at radius 2 is 1.94 bits per heavy atom. The lowest BCUT2D eigenvalue weighted by Gasteiger charge is -2.09. The molecule has 1 aliphatic rings. The third kappa shape index (κ3) is 1.40. The van der Waals surface area contributed by atoms with Gasteiger partial charge in [0.15, 0.2) is 11.5 Å². The first-order valence-electron chi connectivity index (χ1n) is 5.52. The molecule has 1 aromatic carbocycles. The van der Waals surface area contributed by atoms with Crippen LogP contribution in [0.4, 0.5) is 0 Å². The smallest absolute Gasteiger partial charge is 0.337 e. The summed E-state index contributed by atoms with van der Waals surface area (Å²) in [6, 6.07) is 3.56. The van der Waals surface area contributed by atoms with Gasteiger partial charge in [0.1, 0.15) is 0 Å². The lowest BCUT2D eigenvalue weighted by Crippen LogP contribution is -2.05.